The third kappa shape index (κ3) is 3.89. The maximum absolute atomic E-state index is 15.4. The van der Waals surface area contributed by atoms with E-state index in [9.17, 15) is 0 Å². The molecule has 0 radical (unpaired) electrons. The van der Waals surface area contributed by atoms with E-state index in [0.717, 1.165) is 44.3 Å². The summed E-state index contributed by atoms with van der Waals surface area (Å²) < 4.78 is 24.0. The third-order valence-electron chi connectivity index (χ3n) is 7.19. The molecule has 0 fully saturated rings. The van der Waals surface area contributed by atoms with Gasteiger partial charge in [0, 0.05) is 34.7 Å². The first kappa shape index (κ1) is 23.1. The second-order valence-corrected chi connectivity index (χ2v) is 9.94. The molecule has 0 aliphatic heterocycles. The highest BCUT2D eigenvalue weighted by atomic mass is 19.1. The summed E-state index contributed by atoms with van der Waals surface area (Å²) in [4.78, 5) is 4.65. The molecule has 0 atom stereocenters. The zero-order valence-corrected chi connectivity index (χ0v) is 21.4. The number of halogens is 1. The topological polar surface area (TPSA) is 29.9 Å². The van der Waals surface area contributed by atoms with Gasteiger partial charge in [-0.05, 0) is 47.7 Å². The van der Waals surface area contributed by atoms with E-state index in [1.807, 2.05) is 55.6 Å². The van der Waals surface area contributed by atoms with Gasteiger partial charge in [0.25, 0.3) is 0 Å². The van der Waals surface area contributed by atoms with Crippen molar-refractivity contribution in [2.24, 2.45) is 7.05 Å². The Bertz CT molecular complexity index is 1770. The SMILES string of the molecule is Cc1ccc2c(oc3c(-c4ccc(-c5ccccc5)cn4)c(F)ccc32)c1-c1cc(C(C)C)cc[n+]1C. The van der Waals surface area contributed by atoms with Gasteiger partial charge in [0.15, 0.2) is 6.20 Å². The summed E-state index contributed by atoms with van der Waals surface area (Å²) >= 11 is 0. The average molecular weight is 488 g/mol. The number of furan rings is 1. The average Bonchev–Trinajstić information content (AvgIpc) is 3.28. The molecule has 0 aliphatic rings. The minimum absolute atomic E-state index is 0.350. The number of rotatable bonds is 4. The van der Waals surface area contributed by atoms with Gasteiger partial charge in [-0.2, -0.15) is 0 Å². The first-order valence-electron chi connectivity index (χ1n) is 12.6. The summed E-state index contributed by atoms with van der Waals surface area (Å²) in [5, 5.41) is 1.84. The zero-order chi connectivity index (χ0) is 25.7. The Morgan fingerprint density at radius 1 is 0.811 bits per heavy atom. The summed E-state index contributed by atoms with van der Waals surface area (Å²) in [6, 6.07) is 25.8. The van der Waals surface area contributed by atoms with Crippen LogP contribution in [0.1, 0.15) is 30.9 Å². The van der Waals surface area contributed by atoms with Gasteiger partial charge >= 0.3 is 0 Å². The van der Waals surface area contributed by atoms with Gasteiger partial charge in [-0.15, -0.1) is 0 Å². The maximum atomic E-state index is 15.4. The zero-order valence-electron chi connectivity index (χ0n) is 21.4. The molecule has 0 spiro atoms. The molecule has 182 valence electrons. The van der Waals surface area contributed by atoms with Gasteiger partial charge in [-0.25, -0.2) is 8.96 Å². The molecule has 37 heavy (non-hydrogen) atoms. The highest BCUT2D eigenvalue weighted by molar-refractivity contribution is 6.13. The van der Waals surface area contributed by atoms with Crippen molar-refractivity contribution in [3.8, 4) is 33.6 Å². The quantitative estimate of drug-likeness (QED) is 0.234. The Balaban J connectivity index is 1.58. The van der Waals surface area contributed by atoms with Crippen LogP contribution >= 0.6 is 0 Å². The number of hydrogen-bond acceptors (Lipinski definition) is 2. The van der Waals surface area contributed by atoms with E-state index < -0.39 is 0 Å². The molecule has 0 unspecified atom stereocenters. The summed E-state index contributed by atoms with van der Waals surface area (Å²) in [7, 11) is 2.05. The van der Waals surface area contributed by atoms with Crippen LogP contribution in [0.5, 0.6) is 0 Å². The van der Waals surface area contributed by atoms with Crippen molar-refractivity contribution in [1.29, 1.82) is 0 Å². The number of benzene rings is 3. The van der Waals surface area contributed by atoms with Crippen LogP contribution in [0.4, 0.5) is 4.39 Å². The van der Waals surface area contributed by atoms with Crippen molar-refractivity contribution in [2.45, 2.75) is 26.7 Å². The molecule has 3 aromatic carbocycles. The molecule has 0 aliphatic carbocycles. The van der Waals surface area contributed by atoms with E-state index in [1.165, 1.54) is 11.6 Å². The van der Waals surface area contributed by atoms with Crippen molar-refractivity contribution in [3.63, 3.8) is 0 Å². The number of aryl methyl sites for hydroxylation is 2. The highest BCUT2D eigenvalue weighted by Gasteiger charge is 2.24. The predicted octanol–water partition coefficient (Wildman–Crippen LogP) is 8.38. The lowest BCUT2D eigenvalue weighted by molar-refractivity contribution is -0.660. The number of pyridine rings is 2. The van der Waals surface area contributed by atoms with Crippen LogP contribution in [-0.4, -0.2) is 4.98 Å². The maximum Gasteiger partial charge on any atom is 0.216 e. The van der Waals surface area contributed by atoms with E-state index in [2.05, 4.69) is 60.8 Å². The molecule has 0 bridgehead atoms. The van der Waals surface area contributed by atoms with Gasteiger partial charge in [-0.1, -0.05) is 62.4 Å². The fraction of sp³-hybridized carbons (Fsp3) is 0.152. The van der Waals surface area contributed by atoms with Crippen LogP contribution in [0, 0.1) is 12.7 Å². The first-order chi connectivity index (χ1) is 17.9. The third-order valence-corrected chi connectivity index (χ3v) is 7.19. The molecule has 0 saturated heterocycles. The predicted molar refractivity (Wildman–Crippen MR) is 148 cm³/mol. The lowest BCUT2D eigenvalue weighted by Gasteiger charge is -2.09. The van der Waals surface area contributed by atoms with Crippen LogP contribution in [0.3, 0.4) is 0 Å². The van der Waals surface area contributed by atoms with E-state index in [-0.39, 0.29) is 5.82 Å². The fourth-order valence-electron chi connectivity index (χ4n) is 5.07. The molecule has 3 nitrogen and oxygen atoms in total. The highest BCUT2D eigenvalue weighted by Crippen LogP contribution is 2.41. The number of hydrogen-bond donors (Lipinski definition) is 0. The molecule has 6 rings (SSSR count). The second-order valence-electron chi connectivity index (χ2n) is 9.94. The summed E-state index contributed by atoms with van der Waals surface area (Å²) in [6.45, 7) is 6.48. The Morgan fingerprint density at radius 2 is 1.54 bits per heavy atom. The Morgan fingerprint density at radius 3 is 2.24 bits per heavy atom. The standard InChI is InChI=1S/C33H28FN2O/c1-20(2)23-16-17-36(4)29(18-23)30-21(3)10-12-25-26-13-14-27(34)31(33(26)37-32(25)30)28-15-11-24(19-35-28)22-8-6-5-7-9-22/h5-20H,1-4H3/q+1. The van der Waals surface area contributed by atoms with E-state index in [0.29, 0.717) is 22.8 Å². The molecule has 0 saturated carbocycles. The van der Waals surface area contributed by atoms with Gasteiger partial charge in [0.05, 0.1) is 16.8 Å². The fourth-order valence-corrected chi connectivity index (χ4v) is 5.07. The lowest BCUT2D eigenvalue weighted by atomic mass is 9.97. The number of fused-ring (bicyclic) bond motifs is 3. The summed E-state index contributed by atoms with van der Waals surface area (Å²) in [5.74, 6) is 0.0536. The molecule has 3 aromatic heterocycles. The molecule has 3 heterocycles. The normalized spacial score (nSPS) is 11.6. The summed E-state index contributed by atoms with van der Waals surface area (Å²) in [6.07, 6.45) is 3.88. The van der Waals surface area contributed by atoms with Crippen molar-refractivity contribution in [2.75, 3.05) is 0 Å². The molecular weight excluding hydrogens is 459 g/mol. The Kier molecular flexibility index (Phi) is 5.60. The van der Waals surface area contributed by atoms with Gasteiger partial charge in [0.2, 0.25) is 5.69 Å². The van der Waals surface area contributed by atoms with Crippen molar-refractivity contribution in [3.05, 3.63) is 108 Å². The first-order valence-corrected chi connectivity index (χ1v) is 12.6. The monoisotopic (exact) mass is 487 g/mol. The van der Waals surface area contributed by atoms with Crippen LogP contribution in [-0.2, 0) is 7.05 Å². The van der Waals surface area contributed by atoms with Crippen LogP contribution in [0.25, 0.3) is 55.6 Å². The van der Waals surface area contributed by atoms with E-state index in [4.69, 9.17) is 4.42 Å². The molecule has 0 N–H and O–H groups in total. The minimum atomic E-state index is -0.350. The largest absolute Gasteiger partial charge is 0.454 e. The van der Waals surface area contributed by atoms with E-state index >= 15 is 4.39 Å². The number of nitrogens with zero attached hydrogens (tertiary/aromatic N) is 2. The van der Waals surface area contributed by atoms with Gasteiger partial charge < -0.3 is 4.42 Å². The lowest BCUT2D eigenvalue weighted by Crippen LogP contribution is -2.31. The molecule has 0 amide bonds. The van der Waals surface area contributed by atoms with Crippen LogP contribution in [0.2, 0.25) is 0 Å². The Hall–Kier alpha value is -4.31. The number of aromatic nitrogens is 2. The van der Waals surface area contributed by atoms with Crippen molar-refractivity contribution in [1.82, 2.24) is 4.98 Å². The summed E-state index contributed by atoms with van der Waals surface area (Å²) in [5.41, 5.74) is 8.73. The smallest absolute Gasteiger partial charge is 0.216 e. The Labute approximate surface area is 215 Å². The van der Waals surface area contributed by atoms with Crippen molar-refractivity contribution >= 4 is 21.9 Å². The van der Waals surface area contributed by atoms with E-state index in [1.54, 1.807) is 6.20 Å². The minimum Gasteiger partial charge on any atom is -0.454 e. The van der Waals surface area contributed by atoms with Crippen LogP contribution < -0.4 is 4.57 Å². The van der Waals surface area contributed by atoms with Gasteiger partial charge in [-0.3, -0.25) is 4.98 Å². The van der Waals surface area contributed by atoms with Crippen molar-refractivity contribution < 1.29 is 13.4 Å². The van der Waals surface area contributed by atoms with Crippen LogP contribution in [0.15, 0.2) is 95.7 Å². The molecule has 4 heteroatoms. The van der Waals surface area contributed by atoms with Gasteiger partial charge in [0.1, 0.15) is 24.0 Å². The molecule has 6 aromatic rings. The second kappa shape index (κ2) is 8.97. The molecular formula is C33H28FN2O+.